The van der Waals surface area contributed by atoms with Gasteiger partial charge in [-0.1, -0.05) is 13.8 Å². The molecule has 2 fully saturated rings. The maximum atomic E-state index is 11.9. The Morgan fingerprint density at radius 3 is 2.25 bits per heavy atom. The molecule has 0 aromatic rings. The number of rotatable bonds is 5. The molecule has 2 saturated heterocycles. The van der Waals surface area contributed by atoms with Gasteiger partial charge in [-0.25, -0.2) is 4.79 Å². The number of carbonyl (C=O) groups excluding carboxylic acids is 1. The Hall–Kier alpha value is -0.690. The van der Waals surface area contributed by atoms with Gasteiger partial charge >= 0.3 is 5.97 Å². The first-order valence-corrected chi connectivity index (χ1v) is 7.20. The molecule has 0 bridgehead atoms. The van der Waals surface area contributed by atoms with Gasteiger partial charge in [-0.2, -0.15) is 0 Å². The minimum atomic E-state index is -0.683. The van der Waals surface area contributed by atoms with E-state index >= 15 is 0 Å². The molecule has 2 heterocycles. The van der Waals surface area contributed by atoms with E-state index in [0.717, 1.165) is 6.42 Å². The molecule has 0 N–H and O–H groups in total. The van der Waals surface area contributed by atoms with E-state index in [1.807, 2.05) is 27.7 Å². The van der Waals surface area contributed by atoms with Crippen LogP contribution in [-0.2, 0) is 28.5 Å². The fourth-order valence-electron chi connectivity index (χ4n) is 2.15. The summed E-state index contributed by atoms with van der Waals surface area (Å²) in [7, 11) is 0. The molecule has 116 valence electrons. The lowest BCUT2D eigenvalue weighted by Crippen LogP contribution is -2.33. The van der Waals surface area contributed by atoms with Gasteiger partial charge < -0.3 is 23.7 Å². The molecule has 0 amide bonds. The van der Waals surface area contributed by atoms with Gasteiger partial charge in [0.2, 0.25) is 0 Å². The molecule has 20 heavy (non-hydrogen) atoms. The van der Waals surface area contributed by atoms with Crippen molar-refractivity contribution in [2.75, 3.05) is 19.8 Å². The summed E-state index contributed by atoms with van der Waals surface area (Å²) in [6.07, 6.45) is 0.570. The Kier molecular flexibility index (Phi) is 4.69. The van der Waals surface area contributed by atoms with Crippen LogP contribution >= 0.6 is 0 Å². The zero-order valence-corrected chi connectivity index (χ0v) is 12.6. The van der Waals surface area contributed by atoms with E-state index in [2.05, 4.69) is 0 Å². The van der Waals surface area contributed by atoms with E-state index in [0.29, 0.717) is 13.0 Å². The molecular weight excluding hydrogens is 264 g/mol. The Labute approximate surface area is 119 Å². The van der Waals surface area contributed by atoms with E-state index in [4.69, 9.17) is 23.7 Å². The van der Waals surface area contributed by atoms with Crippen molar-refractivity contribution in [3.63, 3.8) is 0 Å². The Morgan fingerprint density at radius 1 is 1.10 bits per heavy atom. The van der Waals surface area contributed by atoms with Crippen LogP contribution in [0.5, 0.6) is 0 Å². The van der Waals surface area contributed by atoms with Crippen LogP contribution in [0.25, 0.3) is 0 Å². The van der Waals surface area contributed by atoms with Crippen molar-refractivity contribution >= 4 is 5.97 Å². The molecule has 0 spiro atoms. The fourth-order valence-corrected chi connectivity index (χ4v) is 2.15. The van der Waals surface area contributed by atoms with Crippen molar-refractivity contribution in [3.8, 4) is 0 Å². The van der Waals surface area contributed by atoms with Crippen molar-refractivity contribution in [1.82, 2.24) is 0 Å². The minimum absolute atomic E-state index is 0.178. The van der Waals surface area contributed by atoms with Gasteiger partial charge in [0.1, 0.15) is 12.7 Å². The van der Waals surface area contributed by atoms with Crippen molar-refractivity contribution < 1.29 is 28.5 Å². The molecule has 2 aliphatic rings. The first-order chi connectivity index (χ1) is 9.40. The Bertz CT molecular complexity index is 360. The van der Waals surface area contributed by atoms with E-state index in [1.54, 1.807) is 0 Å². The third-order valence-corrected chi connectivity index (χ3v) is 3.88. The van der Waals surface area contributed by atoms with Gasteiger partial charge in [-0.3, -0.25) is 0 Å². The SMILES string of the molecule is CCC1(C)OCC(COC(=O)C2COC(C)(CC)O2)O1. The maximum Gasteiger partial charge on any atom is 0.337 e. The normalized spacial score (nSPS) is 41.0. The van der Waals surface area contributed by atoms with Gasteiger partial charge in [0.15, 0.2) is 17.7 Å². The lowest BCUT2D eigenvalue weighted by molar-refractivity contribution is -0.182. The number of hydrogen-bond donors (Lipinski definition) is 0. The zero-order valence-electron chi connectivity index (χ0n) is 12.6. The Balaban J connectivity index is 1.74. The predicted molar refractivity (Wildman–Crippen MR) is 70.0 cm³/mol. The molecule has 2 aliphatic heterocycles. The smallest absolute Gasteiger partial charge is 0.337 e. The zero-order chi connectivity index (χ0) is 14.8. The van der Waals surface area contributed by atoms with Crippen LogP contribution in [0.4, 0.5) is 0 Å². The van der Waals surface area contributed by atoms with Crippen molar-refractivity contribution in [2.24, 2.45) is 0 Å². The maximum absolute atomic E-state index is 11.9. The number of hydrogen-bond acceptors (Lipinski definition) is 6. The van der Waals surface area contributed by atoms with Gasteiger partial charge in [0.25, 0.3) is 0 Å². The lowest BCUT2D eigenvalue weighted by Gasteiger charge is -2.21. The third kappa shape index (κ3) is 3.49. The highest BCUT2D eigenvalue weighted by Gasteiger charge is 2.41. The second-order valence-corrected chi connectivity index (χ2v) is 5.57. The quantitative estimate of drug-likeness (QED) is 0.716. The lowest BCUT2D eigenvalue weighted by atomic mass is 10.2. The largest absolute Gasteiger partial charge is 0.461 e. The van der Waals surface area contributed by atoms with Crippen LogP contribution in [0.3, 0.4) is 0 Å². The van der Waals surface area contributed by atoms with Crippen LogP contribution in [0.1, 0.15) is 40.5 Å². The van der Waals surface area contributed by atoms with Crippen molar-refractivity contribution in [1.29, 1.82) is 0 Å². The highest BCUT2D eigenvalue weighted by Crippen LogP contribution is 2.28. The summed E-state index contributed by atoms with van der Waals surface area (Å²) < 4.78 is 27.5. The molecule has 0 aromatic heterocycles. The molecule has 4 unspecified atom stereocenters. The van der Waals surface area contributed by atoms with Crippen LogP contribution in [-0.4, -0.2) is 49.6 Å². The van der Waals surface area contributed by atoms with Crippen molar-refractivity contribution in [2.45, 2.75) is 64.3 Å². The van der Waals surface area contributed by atoms with E-state index < -0.39 is 23.6 Å². The topological polar surface area (TPSA) is 63.2 Å². The fraction of sp³-hybridized carbons (Fsp3) is 0.929. The molecule has 2 rings (SSSR count). The number of ether oxygens (including phenoxy) is 5. The highest BCUT2D eigenvalue weighted by atomic mass is 16.8. The summed E-state index contributed by atoms with van der Waals surface area (Å²) >= 11 is 0. The average molecular weight is 288 g/mol. The minimum Gasteiger partial charge on any atom is -0.461 e. The van der Waals surface area contributed by atoms with E-state index in [1.165, 1.54) is 0 Å². The van der Waals surface area contributed by atoms with Gasteiger partial charge in [-0.15, -0.1) is 0 Å². The summed E-state index contributed by atoms with van der Waals surface area (Å²) in [6.45, 7) is 8.49. The molecule has 4 atom stereocenters. The highest BCUT2D eigenvalue weighted by molar-refractivity contribution is 5.75. The van der Waals surface area contributed by atoms with E-state index in [9.17, 15) is 4.79 Å². The number of esters is 1. The second-order valence-electron chi connectivity index (χ2n) is 5.57. The third-order valence-electron chi connectivity index (χ3n) is 3.88. The summed E-state index contributed by atoms with van der Waals surface area (Å²) in [5.74, 6) is -1.65. The first-order valence-electron chi connectivity index (χ1n) is 7.20. The molecule has 6 heteroatoms. The number of carbonyl (C=O) groups is 1. The first kappa shape index (κ1) is 15.7. The van der Waals surface area contributed by atoms with Crippen LogP contribution in [0.2, 0.25) is 0 Å². The molecule has 6 nitrogen and oxygen atoms in total. The molecular formula is C14H24O6. The van der Waals surface area contributed by atoms with Gasteiger partial charge in [0.05, 0.1) is 13.2 Å². The second kappa shape index (κ2) is 5.97. The van der Waals surface area contributed by atoms with Crippen molar-refractivity contribution in [3.05, 3.63) is 0 Å². The summed E-state index contributed by atoms with van der Waals surface area (Å²) in [4.78, 5) is 11.9. The monoisotopic (exact) mass is 288 g/mol. The van der Waals surface area contributed by atoms with Crippen LogP contribution < -0.4 is 0 Å². The molecule has 0 saturated carbocycles. The summed E-state index contributed by atoms with van der Waals surface area (Å²) in [5.41, 5.74) is 0. The van der Waals surface area contributed by atoms with Crippen LogP contribution in [0.15, 0.2) is 0 Å². The van der Waals surface area contributed by atoms with Gasteiger partial charge in [0, 0.05) is 0 Å². The molecule has 0 radical (unpaired) electrons. The van der Waals surface area contributed by atoms with E-state index in [-0.39, 0.29) is 19.3 Å². The van der Waals surface area contributed by atoms with Crippen LogP contribution in [0, 0.1) is 0 Å². The summed E-state index contributed by atoms with van der Waals surface area (Å²) in [5, 5.41) is 0. The standard InChI is InChI=1S/C14H24O6/c1-5-13(3)17-8-10(19-13)7-16-12(15)11-9-18-14(4,6-2)20-11/h10-11H,5-9H2,1-4H3. The molecule has 0 aliphatic carbocycles. The summed E-state index contributed by atoms with van der Waals surface area (Å²) in [6, 6.07) is 0. The molecule has 0 aromatic carbocycles. The average Bonchev–Trinajstić information content (AvgIpc) is 3.02. The Morgan fingerprint density at radius 2 is 1.70 bits per heavy atom. The predicted octanol–water partition coefficient (Wildman–Crippen LogP) is 1.61. The van der Waals surface area contributed by atoms with Gasteiger partial charge in [-0.05, 0) is 26.7 Å².